The topological polar surface area (TPSA) is 46.3 Å². The van der Waals surface area contributed by atoms with Crippen molar-refractivity contribution >= 4 is 23.1 Å². The van der Waals surface area contributed by atoms with Crippen molar-refractivity contribution in [2.75, 3.05) is 13.1 Å². The fourth-order valence-corrected chi connectivity index (χ4v) is 1.75. The maximum atomic E-state index is 11.6. The van der Waals surface area contributed by atoms with Crippen LogP contribution < -0.4 is 5.73 Å². The zero-order valence-corrected chi connectivity index (χ0v) is 9.69. The molecule has 1 aliphatic rings. The number of piperidine rings is 1. The summed E-state index contributed by atoms with van der Waals surface area (Å²) in [5, 5.41) is 0. The van der Waals surface area contributed by atoms with E-state index >= 15 is 0 Å². The van der Waals surface area contributed by atoms with E-state index in [4.69, 9.17) is 18.0 Å². The number of nitrogens with two attached hydrogens (primary N) is 1. The smallest absolute Gasteiger partial charge is 0.229 e. The number of thiocarbonyl (C=S) groups is 1. The van der Waals surface area contributed by atoms with Crippen LogP contribution in [0.3, 0.4) is 0 Å². The summed E-state index contributed by atoms with van der Waals surface area (Å²) in [5.74, 6) is 0.0769. The van der Waals surface area contributed by atoms with Gasteiger partial charge in [-0.1, -0.05) is 26.1 Å². The van der Waals surface area contributed by atoms with Crippen LogP contribution >= 0.6 is 12.2 Å². The molecule has 3 nitrogen and oxygen atoms in total. The van der Waals surface area contributed by atoms with Gasteiger partial charge < -0.3 is 10.6 Å². The van der Waals surface area contributed by atoms with E-state index in [1.165, 1.54) is 0 Å². The van der Waals surface area contributed by atoms with Crippen LogP contribution in [0.5, 0.6) is 0 Å². The summed E-state index contributed by atoms with van der Waals surface area (Å²) in [6.07, 6.45) is 2.35. The van der Waals surface area contributed by atoms with Crippen LogP contribution in [-0.2, 0) is 4.79 Å². The second-order valence-electron chi connectivity index (χ2n) is 4.69. The average Bonchev–Trinajstić information content (AvgIpc) is 2.02. The molecule has 2 N–H and O–H groups in total. The molecule has 0 spiro atoms. The van der Waals surface area contributed by atoms with Gasteiger partial charge in [0.15, 0.2) is 0 Å². The molecular formula is C10H18N2OS. The van der Waals surface area contributed by atoms with E-state index in [0.29, 0.717) is 10.4 Å². The van der Waals surface area contributed by atoms with E-state index < -0.39 is 0 Å². The van der Waals surface area contributed by atoms with Crippen molar-refractivity contribution in [1.29, 1.82) is 0 Å². The van der Waals surface area contributed by atoms with Crippen molar-refractivity contribution < 1.29 is 4.79 Å². The van der Waals surface area contributed by atoms with Gasteiger partial charge in [-0.25, -0.2) is 0 Å². The van der Waals surface area contributed by atoms with Crippen molar-refractivity contribution in [3.8, 4) is 0 Å². The largest absolute Gasteiger partial charge is 0.393 e. The number of likely N-dealkylation sites (tertiary alicyclic amines) is 1. The zero-order valence-electron chi connectivity index (χ0n) is 8.88. The number of amides is 1. The zero-order chi connectivity index (χ0) is 10.8. The molecule has 80 valence electrons. The van der Waals surface area contributed by atoms with Gasteiger partial charge in [0, 0.05) is 13.1 Å². The quantitative estimate of drug-likeness (QED) is 0.705. The van der Waals surface area contributed by atoms with Gasteiger partial charge in [0.1, 0.15) is 0 Å². The maximum absolute atomic E-state index is 11.6. The Morgan fingerprint density at radius 1 is 1.43 bits per heavy atom. The maximum Gasteiger partial charge on any atom is 0.229 e. The van der Waals surface area contributed by atoms with Gasteiger partial charge in [-0.15, -0.1) is 0 Å². The van der Waals surface area contributed by atoms with Crippen molar-refractivity contribution in [3.63, 3.8) is 0 Å². The Hall–Kier alpha value is -0.640. The highest BCUT2D eigenvalue weighted by Crippen LogP contribution is 2.29. The van der Waals surface area contributed by atoms with E-state index in [9.17, 15) is 4.79 Å². The average molecular weight is 214 g/mol. The normalized spacial score (nSPS) is 20.6. The molecule has 14 heavy (non-hydrogen) atoms. The Bertz CT molecular complexity index is 241. The Balaban J connectivity index is 2.42. The first-order valence-electron chi connectivity index (χ1n) is 4.97. The summed E-state index contributed by atoms with van der Waals surface area (Å²) in [7, 11) is 0. The van der Waals surface area contributed by atoms with Gasteiger partial charge >= 0.3 is 0 Å². The third-order valence-electron chi connectivity index (χ3n) is 2.80. The standard InChI is InChI=1S/C10H18N2OS/c1-10(2)3-5-12(6-4-10)9(13)7-8(11)14/h3-7H2,1-2H3,(H2,11,14). The monoisotopic (exact) mass is 214 g/mol. The molecule has 1 fully saturated rings. The molecule has 0 unspecified atom stereocenters. The minimum atomic E-state index is 0.0769. The number of rotatable bonds is 2. The number of nitrogens with zero attached hydrogens (tertiary/aromatic N) is 1. The van der Waals surface area contributed by atoms with Crippen LogP contribution in [0.15, 0.2) is 0 Å². The molecule has 0 aromatic rings. The molecule has 0 atom stereocenters. The number of carbonyl (C=O) groups is 1. The van der Waals surface area contributed by atoms with Gasteiger partial charge in [0.2, 0.25) is 5.91 Å². The van der Waals surface area contributed by atoms with Crippen LogP contribution in [-0.4, -0.2) is 28.9 Å². The summed E-state index contributed by atoms with van der Waals surface area (Å²) in [6.45, 7) is 6.16. The SMILES string of the molecule is CC1(C)CCN(C(=O)CC(N)=S)CC1. The third-order valence-corrected chi connectivity index (χ3v) is 2.94. The van der Waals surface area contributed by atoms with Gasteiger partial charge in [-0.2, -0.15) is 0 Å². The summed E-state index contributed by atoms with van der Waals surface area (Å²) in [4.78, 5) is 13.7. The van der Waals surface area contributed by atoms with Crippen LogP contribution in [0, 0.1) is 5.41 Å². The minimum absolute atomic E-state index is 0.0769. The number of carbonyl (C=O) groups excluding carboxylic acids is 1. The second-order valence-corrected chi connectivity index (χ2v) is 5.21. The Kier molecular flexibility index (Phi) is 3.48. The molecule has 0 radical (unpaired) electrons. The van der Waals surface area contributed by atoms with Crippen molar-refractivity contribution in [1.82, 2.24) is 4.90 Å². The van der Waals surface area contributed by atoms with Gasteiger partial charge in [-0.05, 0) is 18.3 Å². The second kappa shape index (κ2) is 4.26. The van der Waals surface area contributed by atoms with Crippen LogP contribution in [0.2, 0.25) is 0 Å². The van der Waals surface area contributed by atoms with Crippen molar-refractivity contribution in [2.24, 2.45) is 11.1 Å². The van der Waals surface area contributed by atoms with Crippen molar-refractivity contribution in [3.05, 3.63) is 0 Å². The van der Waals surface area contributed by atoms with E-state index in [0.717, 1.165) is 25.9 Å². The van der Waals surface area contributed by atoms with Crippen LogP contribution in [0.4, 0.5) is 0 Å². The third kappa shape index (κ3) is 3.25. The van der Waals surface area contributed by atoms with Crippen LogP contribution in [0.25, 0.3) is 0 Å². The molecule has 0 aliphatic carbocycles. The van der Waals surface area contributed by atoms with Gasteiger partial charge in [0.05, 0.1) is 11.4 Å². The predicted molar refractivity (Wildman–Crippen MR) is 61.0 cm³/mol. The Labute approximate surface area is 90.6 Å². The summed E-state index contributed by atoms with van der Waals surface area (Å²) in [5.41, 5.74) is 5.71. The highest BCUT2D eigenvalue weighted by atomic mass is 32.1. The lowest BCUT2D eigenvalue weighted by Gasteiger charge is -2.36. The highest BCUT2D eigenvalue weighted by molar-refractivity contribution is 7.80. The molecule has 4 heteroatoms. The first-order valence-corrected chi connectivity index (χ1v) is 5.38. The Morgan fingerprint density at radius 3 is 2.36 bits per heavy atom. The van der Waals surface area contributed by atoms with E-state index in [-0.39, 0.29) is 12.3 Å². The number of hydrogen-bond acceptors (Lipinski definition) is 2. The summed E-state index contributed by atoms with van der Waals surface area (Å²) in [6, 6.07) is 0. The molecule has 1 heterocycles. The fourth-order valence-electron chi connectivity index (χ4n) is 1.62. The molecule has 0 bridgehead atoms. The lowest BCUT2D eigenvalue weighted by molar-refractivity contribution is -0.131. The molecular weight excluding hydrogens is 196 g/mol. The Morgan fingerprint density at radius 2 is 1.93 bits per heavy atom. The molecule has 1 aliphatic heterocycles. The van der Waals surface area contributed by atoms with E-state index in [1.807, 2.05) is 4.90 Å². The van der Waals surface area contributed by atoms with Gasteiger partial charge in [0.25, 0.3) is 0 Å². The first kappa shape index (κ1) is 11.4. The summed E-state index contributed by atoms with van der Waals surface area (Å²) >= 11 is 4.72. The van der Waals surface area contributed by atoms with Crippen molar-refractivity contribution in [2.45, 2.75) is 33.1 Å². The highest BCUT2D eigenvalue weighted by Gasteiger charge is 2.27. The first-order chi connectivity index (χ1) is 6.41. The van der Waals surface area contributed by atoms with Gasteiger partial charge in [-0.3, -0.25) is 4.79 Å². The minimum Gasteiger partial charge on any atom is -0.393 e. The molecule has 0 saturated carbocycles. The molecule has 0 aromatic carbocycles. The fraction of sp³-hybridized carbons (Fsp3) is 0.800. The molecule has 0 aromatic heterocycles. The molecule has 1 amide bonds. The van der Waals surface area contributed by atoms with E-state index in [1.54, 1.807) is 0 Å². The summed E-state index contributed by atoms with van der Waals surface area (Å²) < 4.78 is 0. The molecule has 1 rings (SSSR count). The lowest BCUT2D eigenvalue weighted by atomic mass is 9.82. The predicted octanol–water partition coefficient (Wildman–Crippen LogP) is 1.31. The molecule has 1 saturated heterocycles. The van der Waals surface area contributed by atoms with E-state index in [2.05, 4.69) is 13.8 Å². The lowest BCUT2D eigenvalue weighted by Crippen LogP contribution is -2.42. The number of hydrogen-bond donors (Lipinski definition) is 1. The van der Waals surface area contributed by atoms with Crippen LogP contribution in [0.1, 0.15) is 33.1 Å².